The summed E-state index contributed by atoms with van der Waals surface area (Å²) in [6.07, 6.45) is 1.71. The molecule has 2 heterocycles. The molecule has 0 spiro atoms. The predicted octanol–water partition coefficient (Wildman–Crippen LogP) is 5.49. The number of rotatable bonds is 5. The van der Waals surface area contributed by atoms with E-state index in [0.29, 0.717) is 10.5 Å². The van der Waals surface area contributed by atoms with Crippen LogP contribution in [0.2, 0.25) is 0 Å². The van der Waals surface area contributed by atoms with E-state index in [0.717, 1.165) is 38.7 Å². The Morgan fingerprint density at radius 1 is 1.06 bits per heavy atom. The summed E-state index contributed by atoms with van der Waals surface area (Å²) in [6.45, 7) is 3.95. The number of carbonyl (C=O) groups excluding carboxylic acids is 3. The number of halogens is 1. The number of hydrogen-bond donors (Lipinski definition) is 1. The Bertz CT molecular complexity index is 1230. The van der Waals surface area contributed by atoms with E-state index in [1.54, 1.807) is 35.0 Å². The lowest BCUT2D eigenvalue weighted by atomic mass is 10.2. The molecular formula is C24H20BrN3O3S. The first-order chi connectivity index (χ1) is 15.3. The second-order valence-electron chi connectivity index (χ2n) is 7.36. The Kier molecular flexibility index (Phi) is 6.34. The van der Waals surface area contributed by atoms with Crippen LogP contribution >= 0.6 is 27.7 Å². The standard InChI is InChI=1S/C24H20BrN3O3S/c1-15-12-19(16(2)28(15)26-22(29)18-6-4-3-5-7-18)13-21-23(30)27(24(31)32-21)14-17-8-10-20(25)11-9-17/h3-13H,14H2,1-2H3,(H,26,29)/b21-13-. The quantitative estimate of drug-likeness (QED) is 0.461. The minimum absolute atomic E-state index is 0.224. The van der Waals surface area contributed by atoms with Crippen LogP contribution in [-0.4, -0.2) is 26.6 Å². The highest BCUT2D eigenvalue weighted by Crippen LogP contribution is 2.34. The van der Waals surface area contributed by atoms with Crippen molar-refractivity contribution in [2.45, 2.75) is 20.4 Å². The van der Waals surface area contributed by atoms with Crippen molar-refractivity contribution in [3.8, 4) is 0 Å². The third-order valence-corrected chi connectivity index (χ3v) is 6.57. The summed E-state index contributed by atoms with van der Waals surface area (Å²) in [5.74, 6) is -0.546. The van der Waals surface area contributed by atoms with Gasteiger partial charge < -0.3 is 0 Å². The van der Waals surface area contributed by atoms with Crippen LogP contribution in [0.25, 0.3) is 6.08 Å². The predicted molar refractivity (Wildman–Crippen MR) is 130 cm³/mol. The number of nitrogens with zero attached hydrogens (tertiary/aromatic N) is 2. The summed E-state index contributed by atoms with van der Waals surface area (Å²) in [4.78, 5) is 39.5. The number of nitrogens with one attached hydrogen (secondary N) is 1. The maximum atomic E-state index is 12.9. The van der Waals surface area contributed by atoms with Gasteiger partial charge in [0.25, 0.3) is 17.1 Å². The van der Waals surface area contributed by atoms with Gasteiger partial charge in [-0.2, -0.15) is 0 Å². The van der Waals surface area contributed by atoms with Gasteiger partial charge in [-0.05, 0) is 73.1 Å². The topological polar surface area (TPSA) is 71.4 Å². The van der Waals surface area contributed by atoms with Crippen LogP contribution in [0.15, 0.2) is 70.0 Å². The molecule has 0 atom stereocenters. The van der Waals surface area contributed by atoms with Crippen molar-refractivity contribution < 1.29 is 14.4 Å². The molecule has 1 aromatic heterocycles. The van der Waals surface area contributed by atoms with Gasteiger partial charge in [-0.25, -0.2) is 0 Å². The van der Waals surface area contributed by atoms with Crippen LogP contribution < -0.4 is 5.43 Å². The molecule has 162 valence electrons. The van der Waals surface area contributed by atoms with E-state index in [4.69, 9.17) is 0 Å². The third kappa shape index (κ3) is 4.56. The van der Waals surface area contributed by atoms with Crippen LogP contribution in [0.5, 0.6) is 0 Å². The molecule has 3 amide bonds. The molecule has 1 N–H and O–H groups in total. The summed E-state index contributed by atoms with van der Waals surface area (Å²) < 4.78 is 2.62. The Hall–Kier alpha value is -3.10. The fourth-order valence-corrected chi connectivity index (χ4v) is 4.50. The molecule has 8 heteroatoms. The average Bonchev–Trinajstić information content (AvgIpc) is 3.20. The average molecular weight is 510 g/mol. The lowest BCUT2D eigenvalue weighted by Crippen LogP contribution is -2.27. The minimum atomic E-state index is -0.318. The molecule has 1 aliphatic heterocycles. The number of amides is 3. The first-order valence-corrected chi connectivity index (χ1v) is 11.5. The number of carbonyl (C=O) groups is 3. The summed E-state index contributed by atoms with van der Waals surface area (Å²) >= 11 is 4.31. The van der Waals surface area contributed by atoms with E-state index in [1.165, 1.54) is 4.90 Å². The van der Waals surface area contributed by atoms with Gasteiger partial charge in [-0.3, -0.25) is 29.4 Å². The van der Waals surface area contributed by atoms with Gasteiger partial charge in [0.05, 0.1) is 11.4 Å². The summed E-state index contributed by atoms with van der Waals surface area (Å²) in [7, 11) is 0. The molecule has 32 heavy (non-hydrogen) atoms. The molecule has 0 bridgehead atoms. The maximum Gasteiger partial charge on any atom is 0.293 e. The molecule has 1 saturated heterocycles. The lowest BCUT2D eigenvalue weighted by molar-refractivity contribution is -0.123. The van der Waals surface area contributed by atoms with E-state index in [9.17, 15) is 14.4 Å². The molecule has 3 aromatic rings. The monoisotopic (exact) mass is 509 g/mol. The molecule has 0 saturated carbocycles. The highest BCUT2D eigenvalue weighted by atomic mass is 79.9. The molecule has 6 nitrogen and oxygen atoms in total. The highest BCUT2D eigenvalue weighted by Gasteiger charge is 2.35. The Balaban J connectivity index is 1.54. The number of thioether (sulfide) groups is 1. The number of aromatic nitrogens is 1. The van der Waals surface area contributed by atoms with E-state index < -0.39 is 0 Å². The Labute approximate surface area is 198 Å². The first-order valence-electron chi connectivity index (χ1n) is 9.88. The van der Waals surface area contributed by atoms with Gasteiger partial charge in [0.1, 0.15) is 0 Å². The van der Waals surface area contributed by atoms with Crippen molar-refractivity contribution in [3.05, 3.63) is 98.1 Å². The third-order valence-electron chi connectivity index (χ3n) is 5.13. The summed E-state index contributed by atoms with van der Waals surface area (Å²) in [6, 6.07) is 18.3. The van der Waals surface area contributed by atoms with Crippen molar-refractivity contribution in [1.29, 1.82) is 0 Å². The molecule has 0 aliphatic carbocycles. The van der Waals surface area contributed by atoms with Crippen LogP contribution in [0.4, 0.5) is 4.79 Å². The van der Waals surface area contributed by atoms with Gasteiger partial charge in [0, 0.05) is 21.4 Å². The van der Waals surface area contributed by atoms with Crippen LogP contribution in [0.3, 0.4) is 0 Å². The lowest BCUT2D eigenvalue weighted by Gasteiger charge is -2.12. The van der Waals surface area contributed by atoms with Gasteiger partial charge >= 0.3 is 0 Å². The SMILES string of the molecule is Cc1cc(/C=C2\SC(=O)N(Cc3ccc(Br)cc3)C2=O)c(C)n1NC(=O)c1ccccc1. The van der Waals surface area contributed by atoms with Crippen molar-refractivity contribution in [1.82, 2.24) is 9.58 Å². The molecule has 2 aromatic carbocycles. The molecule has 0 radical (unpaired) electrons. The van der Waals surface area contributed by atoms with Crippen molar-refractivity contribution in [2.75, 3.05) is 5.43 Å². The molecule has 4 rings (SSSR count). The number of aryl methyl sites for hydroxylation is 1. The Morgan fingerprint density at radius 3 is 2.44 bits per heavy atom. The van der Waals surface area contributed by atoms with E-state index in [-0.39, 0.29) is 23.6 Å². The largest absolute Gasteiger partial charge is 0.293 e. The number of imide groups is 1. The van der Waals surface area contributed by atoms with E-state index >= 15 is 0 Å². The smallest absolute Gasteiger partial charge is 0.268 e. The number of benzene rings is 2. The zero-order valence-electron chi connectivity index (χ0n) is 17.5. The molecular weight excluding hydrogens is 490 g/mol. The fourth-order valence-electron chi connectivity index (χ4n) is 3.41. The van der Waals surface area contributed by atoms with Gasteiger partial charge in [-0.15, -0.1) is 0 Å². The van der Waals surface area contributed by atoms with Crippen molar-refractivity contribution in [3.63, 3.8) is 0 Å². The van der Waals surface area contributed by atoms with Crippen LogP contribution in [0, 0.1) is 13.8 Å². The van der Waals surface area contributed by atoms with E-state index in [1.807, 2.05) is 50.2 Å². The van der Waals surface area contributed by atoms with Gasteiger partial charge in [0.2, 0.25) is 0 Å². The molecule has 0 unspecified atom stereocenters. The fraction of sp³-hybridized carbons (Fsp3) is 0.125. The van der Waals surface area contributed by atoms with Crippen molar-refractivity contribution >= 4 is 50.8 Å². The van der Waals surface area contributed by atoms with Crippen LogP contribution in [-0.2, 0) is 11.3 Å². The van der Waals surface area contributed by atoms with E-state index in [2.05, 4.69) is 21.4 Å². The number of hydrogen-bond acceptors (Lipinski definition) is 4. The Morgan fingerprint density at radius 2 is 1.75 bits per heavy atom. The van der Waals surface area contributed by atoms with Gasteiger partial charge in [-0.1, -0.05) is 46.3 Å². The summed E-state index contributed by atoms with van der Waals surface area (Å²) in [5.41, 5.74) is 6.66. The molecule has 1 fully saturated rings. The zero-order valence-corrected chi connectivity index (χ0v) is 19.9. The molecule has 1 aliphatic rings. The van der Waals surface area contributed by atoms with Crippen LogP contribution in [0.1, 0.15) is 32.9 Å². The highest BCUT2D eigenvalue weighted by molar-refractivity contribution is 9.10. The zero-order chi connectivity index (χ0) is 22.8. The second-order valence-corrected chi connectivity index (χ2v) is 9.27. The maximum absolute atomic E-state index is 12.9. The minimum Gasteiger partial charge on any atom is -0.268 e. The van der Waals surface area contributed by atoms with Crippen molar-refractivity contribution in [2.24, 2.45) is 0 Å². The second kappa shape index (κ2) is 9.18. The first kappa shape index (κ1) is 22.1. The van der Waals surface area contributed by atoms with Gasteiger partial charge in [0.15, 0.2) is 0 Å². The normalized spacial score (nSPS) is 15.0. The summed E-state index contributed by atoms with van der Waals surface area (Å²) in [5, 5.41) is -0.296.